The molecule has 0 unspecified atom stereocenters. The second-order valence-electron chi connectivity index (χ2n) is 6.43. The van der Waals surface area contributed by atoms with Crippen molar-refractivity contribution in [3.8, 4) is 0 Å². The Kier molecular flexibility index (Phi) is 4.91. The number of carbonyl (C=O) groups excluding carboxylic acids is 1. The fraction of sp³-hybridized carbons (Fsp3) is 0.333. The second kappa shape index (κ2) is 6.58. The maximum absolute atomic E-state index is 12.7. The van der Waals surface area contributed by atoms with Crippen LogP contribution in [0, 0.1) is 0 Å². The Labute approximate surface area is 137 Å². The Bertz CT molecular complexity index is 723. The molecular formula is C15H18BF3N3O2-. The molecule has 5 nitrogen and oxygen atoms in total. The van der Waals surface area contributed by atoms with E-state index in [4.69, 9.17) is 4.52 Å². The van der Waals surface area contributed by atoms with Gasteiger partial charge in [0, 0.05) is 17.2 Å². The van der Waals surface area contributed by atoms with Crippen LogP contribution in [-0.4, -0.2) is 24.6 Å². The lowest BCUT2D eigenvalue weighted by Crippen LogP contribution is -2.34. The molecule has 24 heavy (non-hydrogen) atoms. The van der Waals surface area contributed by atoms with Crippen LogP contribution in [0.2, 0.25) is 0 Å². The van der Waals surface area contributed by atoms with Crippen LogP contribution >= 0.6 is 0 Å². The molecule has 0 aliphatic carbocycles. The van der Waals surface area contributed by atoms with Crippen molar-refractivity contribution in [2.24, 2.45) is 0 Å². The van der Waals surface area contributed by atoms with E-state index in [2.05, 4.69) is 15.8 Å². The van der Waals surface area contributed by atoms with Crippen molar-refractivity contribution in [2.75, 3.05) is 17.2 Å². The number of benzene rings is 1. The predicted octanol–water partition coefficient (Wildman–Crippen LogP) is 3.08. The SMILES string of the molecule is CC(C)(C)c1cc(NC(=O)CNc2cccc([B-](F)(F)F)c2)on1. The quantitative estimate of drug-likeness (QED) is 0.821. The molecule has 1 heterocycles. The van der Waals surface area contributed by atoms with E-state index in [1.54, 1.807) is 6.07 Å². The van der Waals surface area contributed by atoms with Gasteiger partial charge in [0.15, 0.2) is 0 Å². The minimum atomic E-state index is -5.07. The Morgan fingerprint density at radius 1 is 1.25 bits per heavy atom. The third-order valence-corrected chi connectivity index (χ3v) is 3.26. The molecule has 0 spiro atoms. The van der Waals surface area contributed by atoms with Gasteiger partial charge in [-0.3, -0.25) is 10.1 Å². The lowest BCUT2D eigenvalue weighted by molar-refractivity contribution is -0.114. The molecule has 0 saturated carbocycles. The maximum Gasteiger partial charge on any atom is 0.509 e. The van der Waals surface area contributed by atoms with E-state index >= 15 is 0 Å². The minimum absolute atomic E-state index is 0.194. The molecule has 0 atom stereocenters. The van der Waals surface area contributed by atoms with Gasteiger partial charge in [-0.2, -0.15) is 0 Å². The number of aromatic nitrogens is 1. The molecular weight excluding hydrogens is 322 g/mol. The summed E-state index contributed by atoms with van der Waals surface area (Å²) in [6, 6.07) is 6.33. The minimum Gasteiger partial charge on any atom is -0.445 e. The standard InChI is InChI=1S/C15H18BF3N3O2/c1-15(2,3)12-8-14(24-22-12)21-13(23)9-20-11-6-4-5-10(7-11)16(17,18)19/h4-8,20H,9H2,1-3H3,(H,21,23)/q-1. The van der Waals surface area contributed by atoms with Gasteiger partial charge in [-0.05, 0) is 6.07 Å². The molecule has 1 aromatic heterocycles. The molecule has 9 heteroatoms. The van der Waals surface area contributed by atoms with E-state index in [-0.39, 0.29) is 23.5 Å². The molecule has 1 amide bonds. The molecule has 0 saturated heterocycles. The summed E-state index contributed by atoms with van der Waals surface area (Å²) in [4.78, 5) is 11.8. The maximum atomic E-state index is 12.7. The van der Waals surface area contributed by atoms with E-state index in [1.807, 2.05) is 20.8 Å². The summed E-state index contributed by atoms with van der Waals surface area (Å²) in [5.74, 6) is -0.256. The lowest BCUT2D eigenvalue weighted by Gasteiger charge is -2.16. The number of nitrogens with zero attached hydrogens (tertiary/aromatic N) is 1. The van der Waals surface area contributed by atoms with Crippen molar-refractivity contribution in [3.05, 3.63) is 36.0 Å². The molecule has 0 bridgehead atoms. The first-order chi connectivity index (χ1) is 11.1. The van der Waals surface area contributed by atoms with Crippen LogP contribution in [0.4, 0.5) is 24.5 Å². The number of rotatable bonds is 5. The van der Waals surface area contributed by atoms with Crippen molar-refractivity contribution < 1.29 is 22.3 Å². The molecule has 0 aliphatic heterocycles. The highest BCUT2D eigenvalue weighted by Crippen LogP contribution is 2.23. The molecule has 0 aliphatic rings. The van der Waals surface area contributed by atoms with Gasteiger partial charge in [0.2, 0.25) is 11.8 Å². The first-order valence-electron chi connectivity index (χ1n) is 7.36. The van der Waals surface area contributed by atoms with Crippen molar-refractivity contribution in [1.82, 2.24) is 5.16 Å². The summed E-state index contributed by atoms with van der Waals surface area (Å²) < 4.78 is 43.1. The average molecular weight is 340 g/mol. The van der Waals surface area contributed by atoms with E-state index in [1.165, 1.54) is 12.1 Å². The molecule has 0 fully saturated rings. The van der Waals surface area contributed by atoms with E-state index < -0.39 is 18.3 Å². The van der Waals surface area contributed by atoms with Gasteiger partial charge in [0.25, 0.3) is 0 Å². The number of hydrogen-bond acceptors (Lipinski definition) is 4. The summed E-state index contributed by atoms with van der Waals surface area (Å²) in [6.45, 7) is 0.588. The van der Waals surface area contributed by atoms with Crippen LogP contribution in [0.3, 0.4) is 0 Å². The number of halogens is 3. The zero-order valence-electron chi connectivity index (χ0n) is 13.6. The predicted molar refractivity (Wildman–Crippen MR) is 87.5 cm³/mol. The largest absolute Gasteiger partial charge is 0.509 e. The number of nitrogens with one attached hydrogen (secondary N) is 2. The fourth-order valence-electron chi connectivity index (χ4n) is 1.90. The van der Waals surface area contributed by atoms with E-state index in [9.17, 15) is 17.7 Å². The Balaban J connectivity index is 1.93. The van der Waals surface area contributed by atoms with Crippen LogP contribution in [-0.2, 0) is 10.2 Å². The summed E-state index contributed by atoms with van der Waals surface area (Å²) >= 11 is 0. The van der Waals surface area contributed by atoms with Gasteiger partial charge in [0.05, 0.1) is 12.2 Å². The van der Waals surface area contributed by atoms with Crippen LogP contribution in [0.15, 0.2) is 34.9 Å². The number of anilines is 2. The average Bonchev–Trinajstić information content (AvgIpc) is 2.93. The summed E-state index contributed by atoms with van der Waals surface area (Å²) in [5.41, 5.74) is -0.0315. The lowest BCUT2D eigenvalue weighted by atomic mass is 9.80. The van der Waals surface area contributed by atoms with E-state index in [0.29, 0.717) is 5.69 Å². The van der Waals surface area contributed by atoms with Gasteiger partial charge < -0.3 is 22.8 Å². The Morgan fingerprint density at radius 2 is 1.96 bits per heavy atom. The zero-order valence-corrected chi connectivity index (χ0v) is 13.6. The summed E-state index contributed by atoms with van der Waals surface area (Å²) in [5, 5.41) is 9.02. The van der Waals surface area contributed by atoms with Crippen LogP contribution in [0.5, 0.6) is 0 Å². The van der Waals surface area contributed by atoms with Crippen LogP contribution in [0.1, 0.15) is 26.5 Å². The number of hydrogen-bond donors (Lipinski definition) is 2. The third-order valence-electron chi connectivity index (χ3n) is 3.26. The van der Waals surface area contributed by atoms with Crippen molar-refractivity contribution in [1.29, 1.82) is 0 Å². The highest BCUT2D eigenvalue weighted by Gasteiger charge is 2.25. The normalized spacial score (nSPS) is 12.1. The first kappa shape index (κ1) is 17.9. The second-order valence-corrected chi connectivity index (χ2v) is 6.43. The fourth-order valence-corrected chi connectivity index (χ4v) is 1.90. The highest BCUT2D eigenvalue weighted by molar-refractivity contribution is 6.73. The summed E-state index contributed by atoms with van der Waals surface area (Å²) in [6.07, 6.45) is 0. The van der Waals surface area contributed by atoms with Gasteiger partial charge in [-0.15, -0.1) is 5.46 Å². The summed E-state index contributed by atoms with van der Waals surface area (Å²) in [7, 11) is 0. The molecule has 2 N–H and O–H groups in total. The topological polar surface area (TPSA) is 67.2 Å². The Morgan fingerprint density at radius 3 is 2.54 bits per heavy atom. The molecule has 2 rings (SSSR count). The van der Waals surface area contributed by atoms with Crippen molar-refractivity contribution >= 4 is 29.9 Å². The molecule has 130 valence electrons. The monoisotopic (exact) mass is 340 g/mol. The number of carbonyl (C=O) groups is 1. The van der Waals surface area contributed by atoms with Crippen LogP contribution in [0.25, 0.3) is 0 Å². The van der Waals surface area contributed by atoms with E-state index in [0.717, 1.165) is 12.1 Å². The van der Waals surface area contributed by atoms with Crippen molar-refractivity contribution in [3.63, 3.8) is 0 Å². The third kappa shape index (κ3) is 4.77. The van der Waals surface area contributed by atoms with Crippen molar-refractivity contribution in [2.45, 2.75) is 26.2 Å². The van der Waals surface area contributed by atoms with Gasteiger partial charge in [-0.25, -0.2) is 0 Å². The van der Waals surface area contributed by atoms with Gasteiger partial charge in [0.1, 0.15) is 0 Å². The van der Waals surface area contributed by atoms with Crippen LogP contribution < -0.4 is 16.1 Å². The number of amides is 1. The Hall–Kier alpha value is -2.45. The highest BCUT2D eigenvalue weighted by atomic mass is 19.4. The molecule has 0 radical (unpaired) electrons. The first-order valence-corrected chi connectivity index (χ1v) is 7.36. The smallest absolute Gasteiger partial charge is 0.445 e. The molecule has 1 aromatic carbocycles. The zero-order chi connectivity index (χ0) is 18.0. The van der Waals surface area contributed by atoms with Gasteiger partial charge >= 0.3 is 6.98 Å². The van der Waals surface area contributed by atoms with Gasteiger partial charge in [-0.1, -0.05) is 44.1 Å². The molecule has 2 aromatic rings.